The molecule has 1 aromatic rings. The standard InChI is InChI=1S/C22H30N2O4/c1-3-28-22(27)19-9-4-5-12-23(19)21(26)14-18-10-11-20(25)24(18)15-17-8-6-7-16(2)13-17/h6-8,13,18-19H,3-5,9-12,14-15H2,1-2H3. The summed E-state index contributed by atoms with van der Waals surface area (Å²) in [6.07, 6.45) is 3.92. The summed E-state index contributed by atoms with van der Waals surface area (Å²) in [5.41, 5.74) is 2.23. The molecule has 2 saturated heterocycles. The molecule has 28 heavy (non-hydrogen) atoms. The molecule has 2 aliphatic heterocycles. The van der Waals surface area contributed by atoms with Crippen LogP contribution >= 0.6 is 0 Å². The van der Waals surface area contributed by atoms with Gasteiger partial charge in [0.15, 0.2) is 0 Å². The molecular weight excluding hydrogens is 356 g/mol. The lowest BCUT2D eigenvalue weighted by Crippen LogP contribution is -2.50. The number of carbonyl (C=O) groups excluding carboxylic acids is 3. The average Bonchev–Trinajstić information content (AvgIpc) is 3.01. The van der Waals surface area contributed by atoms with Gasteiger partial charge in [-0.05, 0) is 45.1 Å². The van der Waals surface area contributed by atoms with Gasteiger partial charge in [0.05, 0.1) is 6.61 Å². The molecule has 0 aromatic heterocycles. The molecule has 0 bridgehead atoms. The summed E-state index contributed by atoms with van der Waals surface area (Å²) in [6, 6.07) is 7.52. The Labute approximate surface area is 166 Å². The molecule has 3 rings (SSSR count). The summed E-state index contributed by atoms with van der Waals surface area (Å²) in [7, 11) is 0. The molecule has 2 aliphatic rings. The quantitative estimate of drug-likeness (QED) is 0.705. The van der Waals surface area contributed by atoms with Crippen LogP contribution < -0.4 is 0 Å². The number of amides is 2. The molecule has 2 unspecified atom stereocenters. The van der Waals surface area contributed by atoms with E-state index in [-0.39, 0.29) is 30.2 Å². The van der Waals surface area contributed by atoms with Crippen molar-refractivity contribution in [2.75, 3.05) is 13.2 Å². The highest BCUT2D eigenvalue weighted by Gasteiger charge is 2.37. The fraction of sp³-hybridized carbons (Fsp3) is 0.591. The zero-order chi connectivity index (χ0) is 20.1. The predicted octanol–water partition coefficient (Wildman–Crippen LogP) is 2.82. The largest absolute Gasteiger partial charge is 0.464 e. The van der Waals surface area contributed by atoms with Crippen LogP contribution in [0.1, 0.15) is 56.6 Å². The van der Waals surface area contributed by atoms with E-state index in [2.05, 4.69) is 6.07 Å². The van der Waals surface area contributed by atoms with E-state index in [9.17, 15) is 14.4 Å². The normalized spacial score (nSPS) is 22.4. The fourth-order valence-corrected chi connectivity index (χ4v) is 4.26. The Hall–Kier alpha value is -2.37. The first-order valence-electron chi connectivity index (χ1n) is 10.3. The molecular formula is C22H30N2O4. The molecule has 6 heteroatoms. The monoisotopic (exact) mass is 386 g/mol. The smallest absolute Gasteiger partial charge is 0.328 e. The van der Waals surface area contributed by atoms with Gasteiger partial charge in [-0.1, -0.05) is 29.8 Å². The maximum absolute atomic E-state index is 13.0. The van der Waals surface area contributed by atoms with Crippen LogP contribution in [0.2, 0.25) is 0 Å². The molecule has 6 nitrogen and oxygen atoms in total. The van der Waals surface area contributed by atoms with Gasteiger partial charge >= 0.3 is 5.97 Å². The van der Waals surface area contributed by atoms with Gasteiger partial charge < -0.3 is 14.5 Å². The van der Waals surface area contributed by atoms with Crippen molar-refractivity contribution in [2.45, 2.75) is 71.0 Å². The zero-order valence-corrected chi connectivity index (χ0v) is 16.9. The second-order valence-electron chi connectivity index (χ2n) is 7.76. The Kier molecular flexibility index (Phi) is 6.70. The van der Waals surface area contributed by atoms with Crippen molar-refractivity contribution < 1.29 is 19.1 Å². The lowest BCUT2D eigenvalue weighted by Gasteiger charge is -2.35. The Morgan fingerprint density at radius 3 is 2.79 bits per heavy atom. The average molecular weight is 386 g/mol. The number of carbonyl (C=O) groups is 3. The molecule has 2 atom stereocenters. The van der Waals surface area contributed by atoms with Crippen molar-refractivity contribution in [3.05, 3.63) is 35.4 Å². The number of rotatable bonds is 6. The van der Waals surface area contributed by atoms with Gasteiger partial charge in [0.25, 0.3) is 0 Å². The lowest BCUT2D eigenvalue weighted by molar-refractivity contribution is -0.157. The van der Waals surface area contributed by atoms with E-state index in [4.69, 9.17) is 4.74 Å². The highest BCUT2D eigenvalue weighted by molar-refractivity contribution is 5.86. The van der Waals surface area contributed by atoms with Crippen LogP contribution in [-0.2, 0) is 25.7 Å². The van der Waals surface area contributed by atoms with Gasteiger partial charge in [-0.15, -0.1) is 0 Å². The summed E-state index contributed by atoms with van der Waals surface area (Å²) in [4.78, 5) is 41.2. The molecule has 2 fully saturated rings. The molecule has 0 N–H and O–H groups in total. The van der Waals surface area contributed by atoms with Crippen molar-refractivity contribution in [1.29, 1.82) is 0 Å². The second-order valence-corrected chi connectivity index (χ2v) is 7.76. The van der Waals surface area contributed by atoms with Crippen LogP contribution in [0.15, 0.2) is 24.3 Å². The molecule has 0 radical (unpaired) electrons. The van der Waals surface area contributed by atoms with E-state index in [1.165, 1.54) is 0 Å². The molecule has 0 spiro atoms. The first-order chi connectivity index (χ1) is 13.5. The maximum atomic E-state index is 13.0. The first kappa shape index (κ1) is 20.4. The molecule has 0 aliphatic carbocycles. The van der Waals surface area contributed by atoms with Crippen LogP contribution in [0.4, 0.5) is 0 Å². The maximum Gasteiger partial charge on any atom is 0.328 e. The van der Waals surface area contributed by atoms with Gasteiger partial charge in [-0.25, -0.2) is 4.79 Å². The first-order valence-corrected chi connectivity index (χ1v) is 10.3. The van der Waals surface area contributed by atoms with E-state index in [1.54, 1.807) is 11.8 Å². The number of hydrogen-bond acceptors (Lipinski definition) is 4. The summed E-state index contributed by atoms with van der Waals surface area (Å²) >= 11 is 0. The van der Waals surface area contributed by atoms with Gasteiger partial charge in [-0.2, -0.15) is 0 Å². The summed E-state index contributed by atoms with van der Waals surface area (Å²) in [5.74, 6) is -0.263. The number of benzene rings is 1. The van der Waals surface area contributed by atoms with Crippen molar-refractivity contribution in [3.8, 4) is 0 Å². The Bertz CT molecular complexity index is 733. The minimum atomic E-state index is -0.483. The van der Waals surface area contributed by atoms with Crippen LogP contribution in [0, 0.1) is 6.92 Å². The molecule has 1 aromatic carbocycles. The van der Waals surface area contributed by atoms with Crippen LogP contribution in [0.5, 0.6) is 0 Å². The summed E-state index contributed by atoms with van der Waals surface area (Å²) in [5, 5.41) is 0. The van der Waals surface area contributed by atoms with Crippen molar-refractivity contribution >= 4 is 17.8 Å². The van der Waals surface area contributed by atoms with Gasteiger partial charge in [-0.3, -0.25) is 9.59 Å². The minimum Gasteiger partial charge on any atom is -0.464 e. The fourth-order valence-electron chi connectivity index (χ4n) is 4.26. The molecule has 0 saturated carbocycles. The van der Waals surface area contributed by atoms with Gasteiger partial charge in [0.1, 0.15) is 6.04 Å². The third kappa shape index (κ3) is 4.72. The van der Waals surface area contributed by atoms with Crippen LogP contribution in [-0.4, -0.2) is 52.8 Å². The van der Waals surface area contributed by atoms with Crippen molar-refractivity contribution in [1.82, 2.24) is 9.80 Å². The van der Waals surface area contributed by atoms with E-state index in [1.807, 2.05) is 30.0 Å². The summed E-state index contributed by atoms with van der Waals surface area (Å²) in [6.45, 7) is 5.24. The lowest BCUT2D eigenvalue weighted by atomic mass is 10.0. The van der Waals surface area contributed by atoms with Gasteiger partial charge in [0, 0.05) is 32.0 Å². The van der Waals surface area contributed by atoms with Crippen LogP contribution in [0.25, 0.3) is 0 Å². The van der Waals surface area contributed by atoms with Gasteiger partial charge in [0.2, 0.25) is 11.8 Å². The highest BCUT2D eigenvalue weighted by Crippen LogP contribution is 2.27. The number of aryl methyl sites for hydroxylation is 1. The third-order valence-corrected chi connectivity index (χ3v) is 5.68. The number of piperidine rings is 1. The van der Waals surface area contributed by atoms with Crippen molar-refractivity contribution in [3.63, 3.8) is 0 Å². The minimum absolute atomic E-state index is 0.0494. The number of ether oxygens (including phenoxy) is 1. The molecule has 152 valence electrons. The Balaban J connectivity index is 1.67. The predicted molar refractivity (Wildman–Crippen MR) is 105 cm³/mol. The van der Waals surface area contributed by atoms with E-state index in [0.717, 1.165) is 24.0 Å². The van der Waals surface area contributed by atoms with Crippen LogP contribution in [0.3, 0.4) is 0 Å². The highest BCUT2D eigenvalue weighted by atomic mass is 16.5. The van der Waals surface area contributed by atoms with E-state index < -0.39 is 6.04 Å². The zero-order valence-electron chi connectivity index (χ0n) is 16.9. The summed E-state index contributed by atoms with van der Waals surface area (Å²) < 4.78 is 5.16. The third-order valence-electron chi connectivity index (χ3n) is 5.68. The number of nitrogens with zero attached hydrogens (tertiary/aromatic N) is 2. The number of likely N-dealkylation sites (tertiary alicyclic amines) is 2. The number of hydrogen-bond donors (Lipinski definition) is 0. The topological polar surface area (TPSA) is 66.9 Å². The SMILES string of the molecule is CCOC(=O)C1CCCCN1C(=O)CC1CCC(=O)N1Cc1cccc(C)c1. The number of esters is 1. The van der Waals surface area contributed by atoms with E-state index >= 15 is 0 Å². The Morgan fingerprint density at radius 1 is 1.21 bits per heavy atom. The molecule has 2 amide bonds. The second kappa shape index (κ2) is 9.22. The van der Waals surface area contributed by atoms with Crippen molar-refractivity contribution in [2.24, 2.45) is 0 Å². The Morgan fingerprint density at radius 2 is 2.04 bits per heavy atom. The molecule has 2 heterocycles. The van der Waals surface area contributed by atoms with E-state index in [0.29, 0.717) is 39.0 Å².